The quantitative estimate of drug-likeness (QED) is 0.894. The zero-order valence-electron chi connectivity index (χ0n) is 10.1. The van der Waals surface area contributed by atoms with Gasteiger partial charge in [0.05, 0.1) is 11.6 Å². The molecule has 0 amide bonds. The lowest BCUT2D eigenvalue weighted by atomic mass is 9.99. The van der Waals surface area contributed by atoms with Crippen LogP contribution < -0.4 is 5.32 Å². The molecule has 0 aliphatic rings. The summed E-state index contributed by atoms with van der Waals surface area (Å²) < 4.78 is 19.1. The Bertz CT molecular complexity index is 548. The Morgan fingerprint density at radius 3 is 2.71 bits per heavy atom. The lowest BCUT2D eigenvalue weighted by Crippen LogP contribution is -2.06. The molecular weight excluding hydrogens is 241 g/mol. The second kappa shape index (κ2) is 4.67. The Morgan fingerprint density at radius 1 is 1.41 bits per heavy atom. The van der Waals surface area contributed by atoms with E-state index in [2.05, 4.69) is 19.2 Å². The maximum atomic E-state index is 13.4. The highest BCUT2D eigenvalue weighted by Gasteiger charge is 2.19. The Balaban J connectivity index is 2.75. The molecule has 0 radical (unpaired) electrons. The van der Waals surface area contributed by atoms with Crippen molar-refractivity contribution in [1.29, 1.82) is 0 Å². The van der Waals surface area contributed by atoms with E-state index < -0.39 is 0 Å². The summed E-state index contributed by atoms with van der Waals surface area (Å²) in [4.78, 5) is 0. The van der Waals surface area contributed by atoms with Crippen molar-refractivity contribution in [3.63, 3.8) is 0 Å². The molecule has 1 N–H and O–H groups in total. The summed E-state index contributed by atoms with van der Waals surface area (Å²) in [6, 6.07) is 2.76. The number of fused-ring (bicyclic) bond motifs is 1. The maximum absolute atomic E-state index is 13.4. The van der Waals surface area contributed by atoms with Gasteiger partial charge in [-0.15, -0.1) is 0 Å². The zero-order chi connectivity index (χ0) is 12.6. The standard InChI is InChI=1S/C13H15ClFNO/c1-7(2)12-9-4-8(15)5-10(14)13(9)17-11(12)6-16-3/h4-5,7,16H,6H2,1-3H3. The third kappa shape index (κ3) is 2.17. The SMILES string of the molecule is CNCc1oc2c(Cl)cc(F)cc2c1C(C)C. The van der Waals surface area contributed by atoms with Crippen LogP contribution in [-0.2, 0) is 6.54 Å². The van der Waals surface area contributed by atoms with Crippen LogP contribution in [0.1, 0.15) is 31.1 Å². The number of halogens is 2. The van der Waals surface area contributed by atoms with Crippen LogP contribution in [0, 0.1) is 5.82 Å². The van der Waals surface area contributed by atoms with Crippen LogP contribution in [-0.4, -0.2) is 7.05 Å². The summed E-state index contributed by atoms with van der Waals surface area (Å²) in [5.41, 5.74) is 1.60. The number of hydrogen-bond acceptors (Lipinski definition) is 2. The van der Waals surface area contributed by atoms with Gasteiger partial charge in [0.25, 0.3) is 0 Å². The Morgan fingerprint density at radius 2 is 2.12 bits per heavy atom. The van der Waals surface area contributed by atoms with Gasteiger partial charge in [0.2, 0.25) is 0 Å². The van der Waals surface area contributed by atoms with Crippen LogP contribution >= 0.6 is 11.6 Å². The van der Waals surface area contributed by atoms with E-state index in [4.69, 9.17) is 16.0 Å². The molecule has 0 aliphatic heterocycles. The molecular formula is C13H15ClFNO. The van der Waals surface area contributed by atoms with E-state index in [0.29, 0.717) is 17.2 Å². The average Bonchev–Trinajstić information content (AvgIpc) is 2.57. The van der Waals surface area contributed by atoms with Gasteiger partial charge in [-0.25, -0.2) is 4.39 Å². The van der Waals surface area contributed by atoms with Crippen LogP contribution in [0.4, 0.5) is 4.39 Å². The Labute approximate surface area is 105 Å². The fourth-order valence-corrected chi connectivity index (χ4v) is 2.36. The minimum Gasteiger partial charge on any atom is -0.458 e. The highest BCUT2D eigenvalue weighted by atomic mass is 35.5. The molecule has 17 heavy (non-hydrogen) atoms. The summed E-state index contributed by atoms with van der Waals surface area (Å²) in [5, 5.41) is 4.14. The maximum Gasteiger partial charge on any atom is 0.153 e. The van der Waals surface area contributed by atoms with Gasteiger partial charge in [-0.1, -0.05) is 25.4 Å². The first kappa shape index (κ1) is 12.4. The third-order valence-electron chi connectivity index (χ3n) is 2.74. The van der Waals surface area contributed by atoms with Crippen LogP contribution in [0.5, 0.6) is 0 Å². The van der Waals surface area contributed by atoms with Gasteiger partial charge in [-0.3, -0.25) is 0 Å². The van der Waals surface area contributed by atoms with Gasteiger partial charge in [-0.05, 0) is 25.1 Å². The molecule has 1 heterocycles. The molecule has 0 saturated carbocycles. The van der Waals surface area contributed by atoms with E-state index in [1.165, 1.54) is 12.1 Å². The van der Waals surface area contributed by atoms with Crippen molar-refractivity contribution in [3.8, 4) is 0 Å². The molecule has 0 spiro atoms. The molecule has 0 saturated heterocycles. The second-order valence-electron chi connectivity index (χ2n) is 4.39. The van der Waals surface area contributed by atoms with Crippen molar-refractivity contribution in [2.75, 3.05) is 7.05 Å². The van der Waals surface area contributed by atoms with Gasteiger partial charge in [0.1, 0.15) is 11.6 Å². The van der Waals surface area contributed by atoms with Crippen molar-refractivity contribution >= 4 is 22.6 Å². The molecule has 2 rings (SSSR count). The largest absolute Gasteiger partial charge is 0.458 e. The van der Waals surface area contributed by atoms with E-state index in [9.17, 15) is 4.39 Å². The summed E-state index contributed by atoms with van der Waals surface area (Å²) in [7, 11) is 1.85. The Kier molecular flexibility index (Phi) is 3.40. The van der Waals surface area contributed by atoms with E-state index in [0.717, 1.165) is 16.7 Å². The van der Waals surface area contributed by atoms with Crippen molar-refractivity contribution in [1.82, 2.24) is 5.32 Å². The first-order chi connectivity index (χ1) is 8.04. The van der Waals surface area contributed by atoms with Gasteiger partial charge >= 0.3 is 0 Å². The molecule has 92 valence electrons. The molecule has 0 unspecified atom stereocenters. The predicted molar refractivity (Wildman–Crippen MR) is 68.0 cm³/mol. The molecule has 2 nitrogen and oxygen atoms in total. The van der Waals surface area contributed by atoms with Gasteiger partial charge in [0.15, 0.2) is 5.58 Å². The lowest BCUT2D eigenvalue weighted by Gasteiger charge is -2.05. The molecule has 0 fully saturated rings. The smallest absolute Gasteiger partial charge is 0.153 e. The summed E-state index contributed by atoms with van der Waals surface area (Å²) in [6.45, 7) is 4.73. The van der Waals surface area contributed by atoms with Crippen LogP contribution in [0.2, 0.25) is 5.02 Å². The average molecular weight is 256 g/mol. The minimum atomic E-state index is -0.332. The van der Waals surface area contributed by atoms with Gasteiger partial charge in [-0.2, -0.15) is 0 Å². The topological polar surface area (TPSA) is 25.2 Å². The molecule has 0 atom stereocenters. The molecule has 0 aliphatic carbocycles. The first-order valence-electron chi connectivity index (χ1n) is 5.59. The summed E-state index contributed by atoms with van der Waals surface area (Å²) in [6.07, 6.45) is 0. The van der Waals surface area contributed by atoms with Crippen molar-refractivity contribution < 1.29 is 8.81 Å². The highest BCUT2D eigenvalue weighted by molar-refractivity contribution is 6.34. The first-order valence-corrected chi connectivity index (χ1v) is 5.97. The fourth-order valence-electron chi connectivity index (χ4n) is 2.12. The fraction of sp³-hybridized carbons (Fsp3) is 0.385. The highest BCUT2D eigenvalue weighted by Crippen LogP contribution is 2.36. The summed E-state index contributed by atoms with van der Waals surface area (Å²) >= 11 is 6.00. The zero-order valence-corrected chi connectivity index (χ0v) is 10.9. The van der Waals surface area contributed by atoms with E-state index >= 15 is 0 Å². The van der Waals surface area contributed by atoms with E-state index in [1.807, 2.05) is 7.05 Å². The molecule has 0 bridgehead atoms. The summed E-state index contributed by atoms with van der Waals surface area (Å²) in [5.74, 6) is 0.753. The van der Waals surface area contributed by atoms with Crippen molar-refractivity contribution in [3.05, 3.63) is 34.3 Å². The van der Waals surface area contributed by atoms with Crippen LogP contribution in [0.15, 0.2) is 16.5 Å². The molecule has 4 heteroatoms. The molecule has 1 aromatic carbocycles. The molecule has 1 aromatic heterocycles. The third-order valence-corrected chi connectivity index (χ3v) is 3.02. The predicted octanol–water partition coefficient (Wildman–Crippen LogP) is 4.07. The normalized spacial score (nSPS) is 11.6. The number of furan rings is 1. The molecule has 2 aromatic rings. The van der Waals surface area contributed by atoms with Gasteiger partial charge < -0.3 is 9.73 Å². The number of hydrogen-bond donors (Lipinski definition) is 1. The van der Waals surface area contributed by atoms with Crippen LogP contribution in [0.25, 0.3) is 11.0 Å². The van der Waals surface area contributed by atoms with Crippen molar-refractivity contribution in [2.24, 2.45) is 0 Å². The number of benzene rings is 1. The Hall–Kier alpha value is -1.06. The van der Waals surface area contributed by atoms with Crippen LogP contribution in [0.3, 0.4) is 0 Å². The second-order valence-corrected chi connectivity index (χ2v) is 4.80. The van der Waals surface area contributed by atoms with E-state index in [1.54, 1.807) is 0 Å². The van der Waals surface area contributed by atoms with E-state index in [-0.39, 0.29) is 11.7 Å². The number of nitrogens with one attached hydrogen (secondary N) is 1. The lowest BCUT2D eigenvalue weighted by molar-refractivity contribution is 0.520. The number of rotatable bonds is 3. The minimum absolute atomic E-state index is 0.262. The van der Waals surface area contributed by atoms with Gasteiger partial charge in [0, 0.05) is 10.9 Å². The van der Waals surface area contributed by atoms with Crippen molar-refractivity contribution in [2.45, 2.75) is 26.3 Å². The monoisotopic (exact) mass is 255 g/mol.